The summed E-state index contributed by atoms with van der Waals surface area (Å²) in [5.74, 6) is 1.03. The molecule has 1 aliphatic rings. The minimum atomic E-state index is -3.76. The molecule has 2 aromatic rings. The van der Waals surface area contributed by atoms with Crippen molar-refractivity contribution in [2.24, 2.45) is 4.40 Å². The number of hydrogen-bond donors (Lipinski definition) is 1. The quantitative estimate of drug-likeness (QED) is 0.654. The smallest absolute Gasteiger partial charge is 0.283 e. The average molecular weight is 480 g/mol. The Labute approximate surface area is 179 Å². The van der Waals surface area contributed by atoms with Crippen molar-refractivity contribution in [1.29, 1.82) is 0 Å². The van der Waals surface area contributed by atoms with Gasteiger partial charge >= 0.3 is 0 Å². The van der Waals surface area contributed by atoms with Crippen molar-refractivity contribution in [1.82, 2.24) is 4.90 Å². The first-order chi connectivity index (χ1) is 13.8. The summed E-state index contributed by atoms with van der Waals surface area (Å²) in [6.07, 6.45) is 1.74. The number of nitrogens with zero attached hydrogens (tertiary/aromatic N) is 2. The lowest BCUT2D eigenvalue weighted by molar-refractivity contribution is -0.116. The highest BCUT2D eigenvalue weighted by Gasteiger charge is 2.20. The molecule has 3 rings (SSSR count). The van der Waals surface area contributed by atoms with Crippen LogP contribution in [0, 0.1) is 0 Å². The van der Waals surface area contributed by atoms with E-state index in [9.17, 15) is 13.2 Å². The van der Waals surface area contributed by atoms with E-state index < -0.39 is 10.0 Å². The van der Waals surface area contributed by atoms with Crippen molar-refractivity contribution in [3.05, 3.63) is 53.0 Å². The number of likely N-dealkylation sites (tertiary alicyclic amines) is 1. The van der Waals surface area contributed by atoms with Crippen molar-refractivity contribution >= 4 is 43.4 Å². The van der Waals surface area contributed by atoms with Crippen molar-refractivity contribution in [2.45, 2.75) is 24.2 Å². The molecule has 1 aliphatic heterocycles. The van der Waals surface area contributed by atoms with Crippen LogP contribution < -0.4 is 10.1 Å². The third-order valence-corrected chi connectivity index (χ3v) is 6.20. The molecule has 29 heavy (non-hydrogen) atoms. The van der Waals surface area contributed by atoms with Gasteiger partial charge in [0.25, 0.3) is 10.0 Å². The van der Waals surface area contributed by atoms with Crippen LogP contribution in [-0.4, -0.2) is 45.3 Å². The summed E-state index contributed by atoms with van der Waals surface area (Å²) < 4.78 is 35.3. The van der Waals surface area contributed by atoms with Gasteiger partial charge in [0.2, 0.25) is 5.91 Å². The molecule has 0 aliphatic carbocycles. The minimum absolute atomic E-state index is 0.0984. The van der Waals surface area contributed by atoms with Crippen molar-refractivity contribution in [3.8, 4) is 5.75 Å². The maximum atomic E-state index is 12.4. The van der Waals surface area contributed by atoms with Gasteiger partial charge in [0, 0.05) is 30.2 Å². The first-order valence-electron chi connectivity index (χ1n) is 9.17. The Kier molecular flexibility index (Phi) is 6.92. The molecule has 0 bridgehead atoms. The Morgan fingerprint density at radius 3 is 2.66 bits per heavy atom. The lowest BCUT2D eigenvalue weighted by Gasteiger charge is -2.11. The molecule has 0 atom stereocenters. The van der Waals surface area contributed by atoms with Crippen LogP contribution in [0.4, 0.5) is 5.69 Å². The number of nitrogens with one attached hydrogen (secondary N) is 1. The second-order valence-electron chi connectivity index (χ2n) is 6.64. The normalized spacial score (nSPS) is 15.5. The van der Waals surface area contributed by atoms with Gasteiger partial charge in [-0.3, -0.25) is 4.79 Å². The van der Waals surface area contributed by atoms with Crippen molar-refractivity contribution < 1.29 is 17.9 Å². The molecule has 2 aromatic carbocycles. The van der Waals surface area contributed by atoms with Gasteiger partial charge in [-0.15, -0.1) is 4.40 Å². The van der Waals surface area contributed by atoms with E-state index in [1.54, 1.807) is 12.1 Å². The van der Waals surface area contributed by atoms with Gasteiger partial charge in [0.05, 0.1) is 17.9 Å². The fourth-order valence-corrected chi connectivity index (χ4v) is 4.32. The molecule has 0 saturated carbocycles. The lowest BCUT2D eigenvalue weighted by atomic mass is 10.3. The molecular weight excluding hydrogens is 458 g/mol. The van der Waals surface area contributed by atoms with Crippen molar-refractivity contribution in [3.63, 3.8) is 0 Å². The molecule has 0 unspecified atom stereocenters. The van der Waals surface area contributed by atoms with E-state index in [4.69, 9.17) is 4.74 Å². The number of benzene rings is 2. The summed E-state index contributed by atoms with van der Waals surface area (Å²) in [4.78, 5) is 14.0. The predicted octanol–water partition coefficient (Wildman–Crippen LogP) is 3.67. The van der Waals surface area contributed by atoms with Crippen LogP contribution in [0.25, 0.3) is 0 Å². The molecule has 7 nitrogen and oxygen atoms in total. The third kappa shape index (κ3) is 6.04. The van der Waals surface area contributed by atoms with E-state index >= 15 is 0 Å². The molecule has 0 aromatic heterocycles. The standard InChI is InChI=1S/C20H22BrN3O4S/c1-24-12-3-6-19(24)23-29(26,27)18-9-7-16(8-10-18)22-20(25)11-13-28-17-5-2-4-15(21)14-17/h2,4-5,7-10,14H,3,6,11-13H2,1H3,(H,22,25)/b23-19+. The van der Waals surface area contributed by atoms with Crippen LogP contribution in [-0.2, 0) is 14.8 Å². The number of sulfonamides is 1. The van der Waals surface area contributed by atoms with Gasteiger partial charge in [0.1, 0.15) is 11.6 Å². The summed E-state index contributed by atoms with van der Waals surface area (Å²) in [5.41, 5.74) is 0.516. The molecule has 154 valence electrons. The van der Waals surface area contributed by atoms with E-state index in [0.717, 1.165) is 17.4 Å². The molecule has 1 N–H and O–H groups in total. The SMILES string of the molecule is CN1CCC/C1=N\S(=O)(=O)c1ccc(NC(=O)CCOc2cccc(Br)c2)cc1. The van der Waals surface area contributed by atoms with Crippen LogP contribution in [0.2, 0.25) is 0 Å². The monoisotopic (exact) mass is 479 g/mol. The number of amidine groups is 1. The Morgan fingerprint density at radius 2 is 2.00 bits per heavy atom. The highest BCUT2D eigenvalue weighted by Crippen LogP contribution is 2.20. The summed E-state index contributed by atoms with van der Waals surface area (Å²) >= 11 is 3.36. The number of anilines is 1. The van der Waals surface area contributed by atoms with Crippen LogP contribution >= 0.6 is 15.9 Å². The highest BCUT2D eigenvalue weighted by atomic mass is 79.9. The molecule has 1 heterocycles. The maximum Gasteiger partial charge on any atom is 0.283 e. The van der Waals surface area contributed by atoms with Crippen LogP contribution in [0.15, 0.2) is 62.3 Å². The highest BCUT2D eigenvalue weighted by molar-refractivity contribution is 9.10. The van der Waals surface area contributed by atoms with Gasteiger partial charge in [-0.1, -0.05) is 22.0 Å². The van der Waals surface area contributed by atoms with Gasteiger partial charge in [-0.25, -0.2) is 0 Å². The number of hydrogen-bond acceptors (Lipinski definition) is 4. The first kappa shape index (κ1) is 21.3. The zero-order valence-electron chi connectivity index (χ0n) is 16.0. The number of halogens is 1. The van der Waals surface area contributed by atoms with Gasteiger partial charge in [-0.05, 0) is 48.9 Å². The summed E-state index contributed by atoms with van der Waals surface area (Å²) in [6.45, 7) is 1.05. The molecule has 1 saturated heterocycles. The summed E-state index contributed by atoms with van der Waals surface area (Å²) in [5, 5.41) is 2.73. The molecular formula is C20H22BrN3O4S. The zero-order chi connectivity index (χ0) is 20.9. The molecule has 0 radical (unpaired) electrons. The number of carbonyl (C=O) groups is 1. The molecule has 9 heteroatoms. The number of carbonyl (C=O) groups excluding carboxylic acids is 1. The summed E-state index contributed by atoms with van der Waals surface area (Å²) in [7, 11) is -1.93. The topological polar surface area (TPSA) is 88.1 Å². The molecule has 1 fully saturated rings. The second kappa shape index (κ2) is 9.41. The average Bonchev–Trinajstić information content (AvgIpc) is 3.06. The van der Waals surface area contributed by atoms with Gasteiger partial charge < -0.3 is 15.0 Å². The minimum Gasteiger partial charge on any atom is -0.493 e. The number of ether oxygens (including phenoxy) is 1. The van der Waals surface area contributed by atoms with Gasteiger partial charge in [-0.2, -0.15) is 8.42 Å². The Hall–Kier alpha value is -2.39. The van der Waals surface area contributed by atoms with E-state index in [1.165, 1.54) is 12.1 Å². The maximum absolute atomic E-state index is 12.4. The Balaban J connectivity index is 1.54. The largest absolute Gasteiger partial charge is 0.493 e. The number of rotatable bonds is 7. The van der Waals surface area contributed by atoms with E-state index in [1.807, 2.05) is 36.2 Å². The third-order valence-electron chi connectivity index (χ3n) is 4.39. The van der Waals surface area contributed by atoms with Crippen LogP contribution in [0.5, 0.6) is 5.75 Å². The van der Waals surface area contributed by atoms with Gasteiger partial charge in [0.15, 0.2) is 0 Å². The second-order valence-corrected chi connectivity index (χ2v) is 9.16. The molecule has 0 spiro atoms. The number of amides is 1. The molecule has 1 amide bonds. The van der Waals surface area contributed by atoms with E-state index in [2.05, 4.69) is 25.6 Å². The van der Waals surface area contributed by atoms with E-state index in [0.29, 0.717) is 23.7 Å². The fraction of sp³-hybridized carbons (Fsp3) is 0.300. The summed E-state index contributed by atoms with van der Waals surface area (Å²) in [6, 6.07) is 13.4. The van der Waals surface area contributed by atoms with Crippen molar-refractivity contribution in [2.75, 3.05) is 25.5 Å². The van der Waals surface area contributed by atoms with E-state index in [-0.39, 0.29) is 23.8 Å². The lowest BCUT2D eigenvalue weighted by Crippen LogP contribution is -2.20. The zero-order valence-corrected chi connectivity index (χ0v) is 18.4. The van der Waals surface area contributed by atoms with Crippen LogP contribution in [0.3, 0.4) is 0 Å². The fourth-order valence-electron chi connectivity index (χ4n) is 2.85. The van der Waals surface area contributed by atoms with Crippen LogP contribution in [0.1, 0.15) is 19.3 Å². The first-order valence-corrected chi connectivity index (χ1v) is 11.4. The Bertz CT molecular complexity index is 1010. The predicted molar refractivity (Wildman–Crippen MR) is 116 cm³/mol. The Morgan fingerprint density at radius 1 is 1.24 bits per heavy atom.